The molecule has 7 nitrogen and oxygen atoms in total. The lowest BCUT2D eigenvalue weighted by atomic mass is 9.67. The lowest BCUT2D eigenvalue weighted by molar-refractivity contribution is -0.152. The number of hydrogen-bond acceptors (Lipinski definition) is 8. The number of ether oxygens (including phenoxy) is 3. The van der Waals surface area contributed by atoms with Gasteiger partial charge in [0.15, 0.2) is 5.78 Å². The summed E-state index contributed by atoms with van der Waals surface area (Å²) in [4.78, 5) is 41.9. The minimum absolute atomic E-state index is 0.157. The van der Waals surface area contributed by atoms with Gasteiger partial charge in [-0.2, -0.15) is 0 Å². The normalized spacial score (nSPS) is 21.0. The second kappa shape index (κ2) is 11.9. The van der Waals surface area contributed by atoms with Crippen LogP contribution in [0.5, 0.6) is 5.75 Å². The molecule has 0 saturated heterocycles. The second-order valence-electron chi connectivity index (χ2n) is 9.16. The lowest BCUT2D eigenvalue weighted by Crippen LogP contribution is -2.43. The molecule has 0 unspecified atom stereocenters. The van der Waals surface area contributed by atoms with Gasteiger partial charge in [-0.25, -0.2) is 4.79 Å². The molecule has 1 N–H and O–H groups in total. The van der Waals surface area contributed by atoms with E-state index in [0.29, 0.717) is 34.7 Å². The molecule has 38 heavy (non-hydrogen) atoms. The maximum absolute atomic E-state index is 14.3. The number of carbonyl (C=O) groups excluding carboxylic acids is 3. The zero-order chi connectivity index (χ0) is 27.4. The number of dihydropyridines is 1. The minimum atomic E-state index is -1.06. The van der Waals surface area contributed by atoms with Crippen molar-refractivity contribution in [2.45, 2.75) is 43.9 Å². The molecular formula is C30H33NO6S. The largest absolute Gasteiger partial charge is 0.497 e. The van der Waals surface area contributed by atoms with Crippen LogP contribution < -0.4 is 10.1 Å². The van der Waals surface area contributed by atoms with Crippen molar-refractivity contribution in [2.75, 3.05) is 26.6 Å². The number of ketones is 1. The Morgan fingerprint density at radius 3 is 2.37 bits per heavy atom. The van der Waals surface area contributed by atoms with Crippen LogP contribution in [-0.2, 0) is 23.9 Å². The van der Waals surface area contributed by atoms with Crippen LogP contribution in [0.25, 0.3) is 0 Å². The molecule has 0 amide bonds. The van der Waals surface area contributed by atoms with Crippen molar-refractivity contribution in [3.8, 4) is 5.75 Å². The van der Waals surface area contributed by atoms with E-state index in [1.807, 2.05) is 61.7 Å². The Hall–Kier alpha value is -3.52. The number of thioether (sulfide) groups is 1. The third-order valence-corrected chi connectivity index (χ3v) is 7.77. The van der Waals surface area contributed by atoms with E-state index in [4.69, 9.17) is 14.2 Å². The Labute approximate surface area is 227 Å². The number of carbonyl (C=O) groups is 3. The Bertz CT molecular complexity index is 1300. The molecule has 3 atom stereocenters. The number of nitrogens with one attached hydrogen (secondary N) is 1. The van der Waals surface area contributed by atoms with E-state index in [9.17, 15) is 14.4 Å². The van der Waals surface area contributed by atoms with Gasteiger partial charge in [0.05, 0.1) is 25.9 Å². The third kappa shape index (κ3) is 5.23. The molecule has 0 aromatic heterocycles. The standard InChI is InChI=1S/C30H33NO6S/c1-6-36-29(33)24-17(3)31-23-16-22(19-9-8-10-20(15-19)35-4)26(30(34)37-7-2)28(32)27(23)25(24)18-11-13-21(38-5)14-12-18/h8-15,22,25-26,31H,6-7,16H2,1-5H3/t22-,25-,26-/m1/s1. The van der Waals surface area contributed by atoms with Crippen molar-refractivity contribution in [3.05, 3.63) is 82.2 Å². The molecule has 4 rings (SSSR count). The number of esters is 2. The van der Waals surface area contributed by atoms with E-state index in [0.717, 1.165) is 16.0 Å². The SMILES string of the molecule is CCOC(=O)C1=C(C)NC2=C(C(=O)[C@H](C(=O)OCC)[C@@H](c3cccc(OC)c3)C2)[C@@H]1c1ccc(SC)cc1. The van der Waals surface area contributed by atoms with E-state index in [2.05, 4.69) is 5.32 Å². The summed E-state index contributed by atoms with van der Waals surface area (Å²) in [6.07, 6.45) is 2.38. The maximum Gasteiger partial charge on any atom is 0.336 e. The first-order valence-electron chi connectivity index (χ1n) is 12.7. The van der Waals surface area contributed by atoms with Crippen LogP contribution in [0, 0.1) is 5.92 Å². The van der Waals surface area contributed by atoms with Crippen LogP contribution in [0.3, 0.4) is 0 Å². The number of allylic oxidation sites excluding steroid dienone is 3. The van der Waals surface area contributed by atoms with Crippen molar-refractivity contribution < 1.29 is 28.6 Å². The Morgan fingerprint density at radius 1 is 1.03 bits per heavy atom. The quantitative estimate of drug-likeness (QED) is 0.283. The van der Waals surface area contributed by atoms with Crippen LogP contribution in [0.4, 0.5) is 0 Å². The second-order valence-corrected chi connectivity index (χ2v) is 10.0. The zero-order valence-electron chi connectivity index (χ0n) is 22.3. The topological polar surface area (TPSA) is 90.9 Å². The van der Waals surface area contributed by atoms with E-state index in [1.54, 1.807) is 32.7 Å². The number of rotatable bonds is 8. The average molecular weight is 536 g/mol. The summed E-state index contributed by atoms with van der Waals surface area (Å²) in [5.41, 5.74) is 3.71. The third-order valence-electron chi connectivity index (χ3n) is 7.03. The van der Waals surface area contributed by atoms with Gasteiger partial charge in [-0.05, 0) is 68.8 Å². The molecule has 1 aliphatic carbocycles. The molecule has 2 aromatic rings. The Kier molecular flexibility index (Phi) is 8.62. The summed E-state index contributed by atoms with van der Waals surface area (Å²) in [5, 5.41) is 3.33. The van der Waals surface area contributed by atoms with Gasteiger partial charge in [-0.1, -0.05) is 24.3 Å². The molecule has 0 radical (unpaired) electrons. The Morgan fingerprint density at radius 2 is 1.74 bits per heavy atom. The highest BCUT2D eigenvalue weighted by atomic mass is 32.2. The molecule has 2 aromatic carbocycles. The molecule has 0 bridgehead atoms. The maximum atomic E-state index is 14.3. The molecule has 0 saturated carbocycles. The van der Waals surface area contributed by atoms with Gasteiger partial charge in [0.25, 0.3) is 0 Å². The minimum Gasteiger partial charge on any atom is -0.497 e. The molecule has 2 aliphatic rings. The first-order valence-corrected chi connectivity index (χ1v) is 13.9. The molecular weight excluding hydrogens is 502 g/mol. The van der Waals surface area contributed by atoms with Crippen molar-refractivity contribution in [2.24, 2.45) is 5.92 Å². The summed E-state index contributed by atoms with van der Waals surface area (Å²) in [7, 11) is 1.58. The van der Waals surface area contributed by atoms with Gasteiger partial charge < -0.3 is 19.5 Å². The van der Waals surface area contributed by atoms with Crippen LogP contribution in [-0.4, -0.2) is 44.3 Å². The van der Waals surface area contributed by atoms with E-state index in [1.165, 1.54) is 0 Å². The lowest BCUT2D eigenvalue weighted by Gasteiger charge is -2.39. The van der Waals surface area contributed by atoms with Crippen molar-refractivity contribution >= 4 is 29.5 Å². The van der Waals surface area contributed by atoms with Gasteiger partial charge in [-0.3, -0.25) is 9.59 Å². The summed E-state index contributed by atoms with van der Waals surface area (Å²) in [6, 6.07) is 15.2. The number of Topliss-reactive ketones (excluding diaryl/α,β-unsaturated/α-hetero) is 1. The summed E-state index contributed by atoms with van der Waals surface area (Å²) in [6.45, 7) is 5.65. The first-order chi connectivity index (χ1) is 18.3. The fraction of sp³-hybridized carbons (Fsp3) is 0.367. The predicted molar refractivity (Wildman–Crippen MR) is 146 cm³/mol. The van der Waals surface area contributed by atoms with Crippen LogP contribution in [0.1, 0.15) is 50.2 Å². The summed E-state index contributed by atoms with van der Waals surface area (Å²) >= 11 is 1.61. The van der Waals surface area contributed by atoms with Gasteiger partial charge in [0.1, 0.15) is 11.7 Å². The predicted octanol–water partition coefficient (Wildman–Crippen LogP) is 5.13. The first kappa shape index (κ1) is 27.5. The summed E-state index contributed by atoms with van der Waals surface area (Å²) in [5.74, 6) is -2.95. The molecule has 8 heteroatoms. The van der Waals surface area contributed by atoms with E-state index < -0.39 is 29.7 Å². The monoisotopic (exact) mass is 535 g/mol. The van der Waals surface area contributed by atoms with Crippen LogP contribution in [0.15, 0.2) is 76.0 Å². The van der Waals surface area contributed by atoms with Crippen LogP contribution in [0.2, 0.25) is 0 Å². The highest BCUT2D eigenvalue weighted by Gasteiger charge is 2.49. The van der Waals surface area contributed by atoms with Crippen LogP contribution >= 0.6 is 11.8 Å². The fourth-order valence-corrected chi connectivity index (χ4v) is 5.74. The number of benzene rings is 2. The molecule has 1 aliphatic heterocycles. The van der Waals surface area contributed by atoms with Gasteiger partial charge in [0, 0.05) is 33.7 Å². The molecule has 1 heterocycles. The number of methoxy groups -OCH3 is 1. The van der Waals surface area contributed by atoms with Gasteiger partial charge in [-0.15, -0.1) is 11.8 Å². The van der Waals surface area contributed by atoms with Gasteiger partial charge >= 0.3 is 11.9 Å². The van der Waals surface area contributed by atoms with Crippen molar-refractivity contribution in [1.82, 2.24) is 5.32 Å². The van der Waals surface area contributed by atoms with E-state index >= 15 is 0 Å². The summed E-state index contributed by atoms with van der Waals surface area (Å²) < 4.78 is 16.2. The zero-order valence-corrected chi connectivity index (χ0v) is 23.1. The van der Waals surface area contributed by atoms with E-state index in [-0.39, 0.29) is 19.0 Å². The highest BCUT2D eigenvalue weighted by Crippen LogP contribution is 2.48. The van der Waals surface area contributed by atoms with Crippen molar-refractivity contribution in [3.63, 3.8) is 0 Å². The van der Waals surface area contributed by atoms with Crippen molar-refractivity contribution in [1.29, 1.82) is 0 Å². The molecule has 0 spiro atoms. The number of hydrogen-bond donors (Lipinski definition) is 1. The Balaban J connectivity index is 1.89. The highest BCUT2D eigenvalue weighted by molar-refractivity contribution is 7.98. The molecule has 0 fully saturated rings. The molecule has 200 valence electrons. The van der Waals surface area contributed by atoms with Gasteiger partial charge in [0.2, 0.25) is 0 Å². The average Bonchev–Trinajstić information content (AvgIpc) is 2.92. The fourth-order valence-electron chi connectivity index (χ4n) is 5.33. The smallest absolute Gasteiger partial charge is 0.336 e.